The van der Waals surface area contributed by atoms with Gasteiger partial charge < -0.3 is 0 Å². The maximum absolute atomic E-state index is 13.6. The number of allylic oxidation sites excluding steroid dienone is 1. The Balaban J connectivity index is 2.24. The summed E-state index contributed by atoms with van der Waals surface area (Å²) in [5, 5.41) is 0. The third-order valence-electron chi connectivity index (χ3n) is 2.68. The summed E-state index contributed by atoms with van der Waals surface area (Å²) >= 11 is 0. The zero-order valence-corrected chi connectivity index (χ0v) is 10.1. The van der Waals surface area contributed by atoms with E-state index in [-0.39, 0.29) is 5.83 Å². The lowest BCUT2D eigenvalue weighted by atomic mass is 10.1. The number of hydrogen-bond acceptors (Lipinski definition) is 0. The second-order valence-electron chi connectivity index (χ2n) is 4.12. The maximum Gasteiger partial charge on any atom is 0.126 e. The molecule has 0 aliphatic rings. The largest absolute Gasteiger partial charge is 0.207 e. The van der Waals surface area contributed by atoms with Gasteiger partial charge in [0.2, 0.25) is 0 Å². The van der Waals surface area contributed by atoms with Crippen LogP contribution in [0.4, 0.5) is 4.39 Å². The molecule has 0 nitrogen and oxygen atoms in total. The van der Waals surface area contributed by atoms with Crippen molar-refractivity contribution in [2.24, 2.45) is 0 Å². The molecule has 0 bridgehead atoms. The highest BCUT2D eigenvalue weighted by atomic mass is 19.1. The summed E-state index contributed by atoms with van der Waals surface area (Å²) < 4.78 is 13.6. The fourth-order valence-electron chi connectivity index (χ4n) is 1.69. The van der Waals surface area contributed by atoms with Gasteiger partial charge in [0.15, 0.2) is 0 Å². The van der Waals surface area contributed by atoms with Gasteiger partial charge >= 0.3 is 0 Å². The highest BCUT2D eigenvalue weighted by Gasteiger charge is 1.97. The van der Waals surface area contributed by atoms with Crippen molar-refractivity contribution in [3.8, 4) is 0 Å². The highest BCUT2D eigenvalue weighted by molar-refractivity contribution is 5.58. The first-order valence-electron chi connectivity index (χ1n) is 6.25. The molecule has 0 heterocycles. The van der Waals surface area contributed by atoms with Crippen LogP contribution in [0, 0.1) is 0 Å². The molecule has 0 N–H and O–H groups in total. The third kappa shape index (κ3) is 5.11. The molecule has 16 heavy (non-hydrogen) atoms. The molecule has 1 aromatic carbocycles. The van der Waals surface area contributed by atoms with Gasteiger partial charge in [-0.3, -0.25) is 0 Å². The van der Waals surface area contributed by atoms with Crippen LogP contribution in [-0.2, 0) is 0 Å². The number of hydrogen-bond donors (Lipinski definition) is 0. The fourth-order valence-corrected chi connectivity index (χ4v) is 1.69. The van der Waals surface area contributed by atoms with Crippen molar-refractivity contribution in [3.05, 3.63) is 42.0 Å². The van der Waals surface area contributed by atoms with E-state index in [0.29, 0.717) is 5.56 Å². The first-order valence-corrected chi connectivity index (χ1v) is 6.25. The van der Waals surface area contributed by atoms with Crippen LogP contribution in [0.2, 0.25) is 0 Å². The number of rotatable bonds is 7. The van der Waals surface area contributed by atoms with Crippen molar-refractivity contribution >= 4 is 5.83 Å². The van der Waals surface area contributed by atoms with Crippen molar-refractivity contribution in [2.75, 3.05) is 0 Å². The lowest BCUT2D eigenvalue weighted by Gasteiger charge is -1.98. The van der Waals surface area contributed by atoms with E-state index in [0.717, 1.165) is 12.8 Å². The van der Waals surface area contributed by atoms with E-state index in [1.165, 1.54) is 25.7 Å². The molecule has 0 unspecified atom stereocenters. The minimum Gasteiger partial charge on any atom is -0.207 e. The first-order chi connectivity index (χ1) is 7.84. The highest BCUT2D eigenvalue weighted by Crippen LogP contribution is 2.17. The van der Waals surface area contributed by atoms with Gasteiger partial charge in [-0.1, -0.05) is 62.9 Å². The van der Waals surface area contributed by atoms with E-state index in [2.05, 4.69) is 6.92 Å². The Hall–Kier alpha value is -1.11. The Labute approximate surface area is 98.2 Å². The van der Waals surface area contributed by atoms with Crippen LogP contribution in [0.15, 0.2) is 36.4 Å². The minimum absolute atomic E-state index is 0.0870. The van der Waals surface area contributed by atoms with Crippen LogP contribution in [0.3, 0.4) is 0 Å². The number of halogens is 1. The van der Waals surface area contributed by atoms with Gasteiger partial charge in [0.05, 0.1) is 0 Å². The van der Waals surface area contributed by atoms with Gasteiger partial charge in [0, 0.05) is 5.56 Å². The fraction of sp³-hybridized carbons (Fsp3) is 0.467. The summed E-state index contributed by atoms with van der Waals surface area (Å²) in [5.41, 5.74) is 0.691. The Morgan fingerprint density at radius 2 is 1.75 bits per heavy atom. The van der Waals surface area contributed by atoms with Crippen LogP contribution in [0.5, 0.6) is 0 Å². The monoisotopic (exact) mass is 220 g/mol. The summed E-state index contributed by atoms with van der Waals surface area (Å²) in [6.07, 6.45) is 8.70. The zero-order valence-electron chi connectivity index (χ0n) is 10.1. The van der Waals surface area contributed by atoms with Gasteiger partial charge in [0.25, 0.3) is 0 Å². The summed E-state index contributed by atoms with van der Waals surface area (Å²) in [4.78, 5) is 0. The number of unbranched alkanes of at least 4 members (excludes halogenated alkanes) is 5. The molecule has 1 aromatic rings. The smallest absolute Gasteiger partial charge is 0.126 e. The van der Waals surface area contributed by atoms with Gasteiger partial charge in [-0.2, -0.15) is 0 Å². The third-order valence-corrected chi connectivity index (χ3v) is 2.68. The van der Waals surface area contributed by atoms with Crippen LogP contribution in [0.25, 0.3) is 5.83 Å². The first kappa shape index (κ1) is 13.0. The molecular formula is C15H21F. The van der Waals surface area contributed by atoms with Crippen LogP contribution in [-0.4, -0.2) is 0 Å². The molecule has 0 atom stereocenters. The second kappa shape index (κ2) is 8.09. The Bertz CT molecular complexity index is 300. The van der Waals surface area contributed by atoms with E-state index < -0.39 is 0 Å². The molecule has 0 aliphatic carbocycles. The molecule has 1 rings (SSSR count). The standard InChI is InChI=1S/C15H21F/c1-2-3-4-5-6-10-13-15(16)14-11-8-7-9-12-14/h7-9,11-13H,2-6,10H2,1H3/b15-13+. The second-order valence-corrected chi connectivity index (χ2v) is 4.12. The summed E-state index contributed by atoms with van der Waals surface area (Å²) in [6, 6.07) is 9.25. The van der Waals surface area contributed by atoms with E-state index >= 15 is 0 Å². The zero-order chi connectivity index (χ0) is 11.6. The van der Waals surface area contributed by atoms with Crippen LogP contribution < -0.4 is 0 Å². The summed E-state index contributed by atoms with van der Waals surface area (Å²) in [6.45, 7) is 2.20. The van der Waals surface area contributed by atoms with Crippen molar-refractivity contribution in [1.29, 1.82) is 0 Å². The molecular weight excluding hydrogens is 199 g/mol. The van der Waals surface area contributed by atoms with Crippen LogP contribution in [0.1, 0.15) is 51.0 Å². The van der Waals surface area contributed by atoms with Gasteiger partial charge in [-0.25, -0.2) is 4.39 Å². The molecule has 0 radical (unpaired) electrons. The molecule has 0 amide bonds. The van der Waals surface area contributed by atoms with Crippen molar-refractivity contribution in [1.82, 2.24) is 0 Å². The summed E-state index contributed by atoms with van der Waals surface area (Å²) in [5.74, 6) is -0.0870. The average molecular weight is 220 g/mol. The SMILES string of the molecule is CCCCCCC/C=C(/F)c1ccccc1. The quantitative estimate of drug-likeness (QED) is 0.543. The van der Waals surface area contributed by atoms with Crippen molar-refractivity contribution in [3.63, 3.8) is 0 Å². The Morgan fingerprint density at radius 1 is 1.06 bits per heavy atom. The van der Waals surface area contributed by atoms with Gasteiger partial charge in [-0.05, 0) is 18.9 Å². The molecule has 0 saturated heterocycles. The lowest BCUT2D eigenvalue weighted by molar-refractivity contribution is 0.635. The molecule has 0 fully saturated rings. The van der Waals surface area contributed by atoms with E-state index in [4.69, 9.17) is 0 Å². The van der Waals surface area contributed by atoms with Gasteiger partial charge in [-0.15, -0.1) is 0 Å². The topological polar surface area (TPSA) is 0 Å². The van der Waals surface area contributed by atoms with E-state index in [9.17, 15) is 4.39 Å². The van der Waals surface area contributed by atoms with Crippen molar-refractivity contribution < 1.29 is 4.39 Å². The Morgan fingerprint density at radius 3 is 2.44 bits per heavy atom. The molecule has 0 aliphatic heterocycles. The molecule has 0 saturated carbocycles. The number of benzene rings is 1. The maximum atomic E-state index is 13.6. The lowest BCUT2D eigenvalue weighted by Crippen LogP contribution is -1.79. The van der Waals surface area contributed by atoms with E-state index in [1.807, 2.05) is 30.3 Å². The molecule has 0 aromatic heterocycles. The molecule has 88 valence electrons. The Kier molecular flexibility index (Phi) is 6.55. The van der Waals surface area contributed by atoms with Crippen LogP contribution >= 0.6 is 0 Å². The van der Waals surface area contributed by atoms with E-state index in [1.54, 1.807) is 6.08 Å². The molecule has 1 heteroatoms. The summed E-state index contributed by atoms with van der Waals surface area (Å²) in [7, 11) is 0. The van der Waals surface area contributed by atoms with Gasteiger partial charge in [0.1, 0.15) is 5.83 Å². The van der Waals surface area contributed by atoms with Crippen molar-refractivity contribution in [2.45, 2.75) is 45.4 Å². The average Bonchev–Trinajstić information content (AvgIpc) is 2.34. The minimum atomic E-state index is -0.0870. The predicted octanol–water partition coefficient (Wildman–Crippen LogP) is 5.36. The normalized spacial score (nSPS) is 11.8. The molecule has 0 spiro atoms. The predicted molar refractivity (Wildman–Crippen MR) is 68.9 cm³/mol.